The number of aryl methyl sites for hydroxylation is 1. The number of carbonyl (C=O) groups excluding carboxylic acids is 1. The van der Waals surface area contributed by atoms with Crippen molar-refractivity contribution in [2.75, 3.05) is 44.7 Å². The highest BCUT2D eigenvalue weighted by Gasteiger charge is 2.21. The van der Waals surface area contributed by atoms with E-state index in [4.69, 9.17) is 0 Å². The van der Waals surface area contributed by atoms with Crippen molar-refractivity contribution in [3.8, 4) is 0 Å². The minimum Gasteiger partial charge on any atom is -0.356 e. The summed E-state index contributed by atoms with van der Waals surface area (Å²) in [5, 5.41) is 6.42. The van der Waals surface area contributed by atoms with Crippen molar-refractivity contribution in [1.82, 2.24) is 20.5 Å². The van der Waals surface area contributed by atoms with Gasteiger partial charge in [0.15, 0.2) is 5.96 Å². The maximum absolute atomic E-state index is 13.8. The molecule has 0 aliphatic carbocycles. The van der Waals surface area contributed by atoms with Crippen LogP contribution in [0.4, 0.5) is 10.2 Å². The zero-order valence-corrected chi connectivity index (χ0v) is 18.4. The molecular weight excluding hydrogens is 395 g/mol. The van der Waals surface area contributed by atoms with E-state index in [1.165, 1.54) is 6.07 Å². The maximum Gasteiger partial charge on any atom is 0.224 e. The normalized spacial score (nSPS) is 15.5. The molecule has 0 bridgehead atoms. The van der Waals surface area contributed by atoms with E-state index in [2.05, 4.69) is 25.5 Å². The van der Waals surface area contributed by atoms with Crippen molar-refractivity contribution < 1.29 is 9.18 Å². The molecule has 1 amide bonds. The van der Waals surface area contributed by atoms with Crippen molar-refractivity contribution >= 4 is 17.7 Å². The lowest BCUT2D eigenvalue weighted by molar-refractivity contribution is -0.131. The SMILES string of the molecule is CN=C(NCCC(=O)N1CCN(c2ccccn2)CC1)NC(C)c1ccc(C)c(F)c1. The average molecular weight is 427 g/mol. The number of nitrogens with zero attached hydrogens (tertiary/aromatic N) is 4. The van der Waals surface area contributed by atoms with Crippen LogP contribution in [0.5, 0.6) is 0 Å². The zero-order chi connectivity index (χ0) is 22.2. The van der Waals surface area contributed by atoms with Gasteiger partial charge >= 0.3 is 0 Å². The Balaban J connectivity index is 1.41. The molecule has 3 rings (SSSR count). The van der Waals surface area contributed by atoms with Crippen molar-refractivity contribution in [1.29, 1.82) is 0 Å². The second-order valence-electron chi connectivity index (χ2n) is 7.68. The van der Waals surface area contributed by atoms with E-state index in [1.54, 1.807) is 26.2 Å². The van der Waals surface area contributed by atoms with Crippen LogP contribution < -0.4 is 15.5 Å². The van der Waals surface area contributed by atoms with Crippen LogP contribution in [0.25, 0.3) is 0 Å². The fourth-order valence-corrected chi connectivity index (χ4v) is 3.53. The second-order valence-corrected chi connectivity index (χ2v) is 7.68. The minimum absolute atomic E-state index is 0.114. The van der Waals surface area contributed by atoms with Gasteiger partial charge in [0.1, 0.15) is 11.6 Å². The second kappa shape index (κ2) is 10.7. The van der Waals surface area contributed by atoms with Gasteiger partial charge in [0.2, 0.25) is 5.91 Å². The molecule has 1 aromatic carbocycles. The molecule has 1 aromatic heterocycles. The van der Waals surface area contributed by atoms with E-state index < -0.39 is 0 Å². The molecular formula is C23H31FN6O. The Morgan fingerprint density at radius 2 is 2.00 bits per heavy atom. The number of hydrogen-bond acceptors (Lipinski definition) is 4. The largest absolute Gasteiger partial charge is 0.356 e. The number of carbonyl (C=O) groups is 1. The molecule has 7 nitrogen and oxygen atoms in total. The van der Waals surface area contributed by atoms with Crippen molar-refractivity contribution in [3.63, 3.8) is 0 Å². The lowest BCUT2D eigenvalue weighted by Gasteiger charge is -2.35. The first kappa shape index (κ1) is 22.5. The molecule has 0 spiro atoms. The summed E-state index contributed by atoms with van der Waals surface area (Å²) < 4.78 is 13.8. The van der Waals surface area contributed by atoms with Crippen molar-refractivity contribution in [2.24, 2.45) is 4.99 Å². The Morgan fingerprint density at radius 3 is 2.65 bits per heavy atom. The van der Waals surface area contributed by atoms with Gasteiger partial charge in [-0.3, -0.25) is 9.79 Å². The monoisotopic (exact) mass is 426 g/mol. The van der Waals surface area contributed by atoms with E-state index in [0.29, 0.717) is 37.6 Å². The fraction of sp³-hybridized carbons (Fsp3) is 0.435. The number of hydrogen-bond donors (Lipinski definition) is 2. The Morgan fingerprint density at radius 1 is 1.23 bits per heavy atom. The number of aliphatic imine (C=N–C) groups is 1. The molecule has 0 radical (unpaired) electrons. The highest BCUT2D eigenvalue weighted by Crippen LogP contribution is 2.16. The number of benzene rings is 1. The Hall–Kier alpha value is -3.16. The Bertz CT molecular complexity index is 896. The van der Waals surface area contributed by atoms with Gasteiger partial charge in [-0.2, -0.15) is 0 Å². The number of anilines is 1. The standard InChI is InChI=1S/C23H31FN6O/c1-17-7-8-19(16-20(17)24)18(2)28-23(25-3)27-11-9-22(31)30-14-12-29(13-15-30)21-6-4-5-10-26-21/h4-8,10,16,18H,9,11-15H2,1-3H3,(H2,25,27,28). The molecule has 1 saturated heterocycles. The summed E-state index contributed by atoms with van der Waals surface area (Å²) in [5.74, 6) is 1.44. The third-order valence-corrected chi connectivity index (χ3v) is 5.51. The van der Waals surface area contributed by atoms with Gasteiger partial charge in [-0.05, 0) is 43.2 Å². The summed E-state index contributed by atoms with van der Waals surface area (Å²) in [6, 6.07) is 11.0. The third kappa shape index (κ3) is 6.16. The van der Waals surface area contributed by atoms with Gasteiger partial charge in [-0.15, -0.1) is 0 Å². The number of guanidine groups is 1. The van der Waals surface area contributed by atoms with Crippen LogP contribution in [0, 0.1) is 12.7 Å². The third-order valence-electron chi connectivity index (χ3n) is 5.51. The first-order chi connectivity index (χ1) is 15.0. The van der Waals surface area contributed by atoms with Crippen LogP contribution in [0.1, 0.15) is 30.5 Å². The highest BCUT2D eigenvalue weighted by molar-refractivity contribution is 5.81. The molecule has 8 heteroatoms. The number of halogens is 1. The molecule has 1 unspecified atom stereocenters. The van der Waals surface area contributed by atoms with E-state index in [-0.39, 0.29) is 17.8 Å². The van der Waals surface area contributed by atoms with E-state index in [1.807, 2.05) is 36.1 Å². The summed E-state index contributed by atoms with van der Waals surface area (Å²) in [6.45, 7) is 7.12. The van der Waals surface area contributed by atoms with E-state index in [0.717, 1.165) is 24.5 Å². The van der Waals surface area contributed by atoms with Gasteiger partial charge in [-0.25, -0.2) is 9.37 Å². The predicted molar refractivity (Wildman–Crippen MR) is 122 cm³/mol. The van der Waals surface area contributed by atoms with Crippen molar-refractivity contribution in [3.05, 3.63) is 59.5 Å². The first-order valence-corrected chi connectivity index (χ1v) is 10.6. The number of amides is 1. The number of rotatable bonds is 6. The van der Waals surface area contributed by atoms with E-state index >= 15 is 0 Å². The highest BCUT2D eigenvalue weighted by atomic mass is 19.1. The van der Waals surface area contributed by atoms with Gasteiger partial charge in [0.25, 0.3) is 0 Å². The molecule has 1 fully saturated rings. The van der Waals surface area contributed by atoms with Gasteiger partial charge in [0.05, 0.1) is 6.04 Å². The summed E-state index contributed by atoms with van der Waals surface area (Å²) in [6.07, 6.45) is 2.17. The van der Waals surface area contributed by atoms with Crippen molar-refractivity contribution in [2.45, 2.75) is 26.3 Å². The summed E-state index contributed by atoms with van der Waals surface area (Å²) in [4.78, 5) is 25.3. The number of nitrogens with one attached hydrogen (secondary N) is 2. The fourth-order valence-electron chi connectivity index (χ4n) is 3.53. The number of aromatic nitrogens is 1. The summed E-state index contributed by atoms with van der Waals surface area (Å²) in [7, 11) is 1.68. The summed E-state index contributed by atoms with van der Waals surface area (Å²) in [5.41, 5.74) is 1.46. The van der Waals surface area contributed by atoms with Crippen LogP contribution in [0.15, 0.2) is 47.6 Å². The molecule has 2 N–H and O–H groups in total. The predicted octanol–water partition coefficient (Wildman–Crippen LogP) is 2.49. The van der Waals surface area contributed by atoms with Crippen LogP contribution in [-0.2, 0) is 4.79 Å². The lowest BCUT2D eigenvalue weighted by Crippen LogP contribution is -2.49. The number of piperazine rings is 1. The molecule has 166 valence electrons. The van der Waals surface area contributed by atoms with E-state index in [9.17, 15) is 9.18 Å². The molecule has 2 heterocycles. The molecule has 1 aliphatic heterocycles. The Kier molecular flexibility index (Phi) is 7.81. The molecule has 0 saturated carbocycles. The van der Waals surface area contributed by atoms with Crippen LogP contribution in [0.3, 0.4) is 0 Å². The molecule has 31 heavy (non-hydrogen) atoms. The van der Waals surface area contributed by atoms with Crippen LogP contribution >= 0.6 is 0 Å². The Labute approximate surface area is 183 Å². The quantitative estimate of drug-likeness (QED) is 0.549. The van der Waals surface area contributed by atoms with Gasteiger partial charge in [-0.1, -0.05) is 18.2 Å². The smallest absolute Gasteiger partial charge is 0.224 e. The molecule has 1 atom stereocenters. The molecule has 1 aliphatic rings. The average Bonchev–Trinajstić information content (AvgIpc) is 2.80. The van der Waals surface area contributed by atoms with Gasteiger partial charge in [0, 0.05) is 52.4 Å². The van der Waals surface area contributed by atoms with Crippen LogP contribution in [0.2, 0.25) is 0 Å². The first-order valence-electron chi connectivity index (χ1n) is 10.6. The minimum atomic E-state index is -0.220. The zero-order valence-electron chi connectivity index (χ0n) is 18.4. The van der Waals surface area contributed by atoms with Gasteiger partial charge < -0.3 is 20.4 Å². The maximum atomic E-state index is 13.8. The summed E-state index contributed by atoms with van der Waals surface area (Å²) >= 11 is 0. The lowest BCUT2D eigenvalue weighted by atomic mass is 10.1. The topological polar surface area (TPSA) is 72.9 Å². The molecule has 2 aromatic rings. The number of pyridine rings is 1. The van der Waals surface area contributed by atoms with Crippen LogP contribution in [-0.4, -0.2) is 61.5 Å².